The molecular formula is C13H20N4. The van der Waals surface area contributed by atoms with Crippen LogP contribution in [0.15, 0.2) is 6.20 Å². The third kappa shape index (κ3) is 2.60. The van der Waals surface area contributed by atoms with Gasteiger partial charge in [0.1, 0.15) is 0 Å². The van der Waals surface area contributed by atoms with E-state index >= 15 is 0 Å². The van der Waals surface area contributed by atoms with Crippen molar-refractivity contribution in [2.75, 3.05) is 11.9 Å². The molecule has 1 aliphatic rings. The van der Waals surface area contributed by atoms with Crippen molar-refractivity contribution in [1.29, 1.82) is 5.26 Å². The standard InChI is InChI=1S/C13H20N4/c1-10(2)12-11(8-17(3)16-12)15-9-13(4-5-13)6-7-14/h8,10,15H,4-6,9H2,1-3H3. The predicted octanol–water partition coefficient (Wildman–Crippen LogP) is 2.65. The second kappa shape index (κ2) is 4.40. The molecule has 1 heterocycles. The van der Waals surface area contributed by atoms with E-state index in [1.165, 1.54) is 12.8 Å². The first-order chi connectivity index (χ1) is 8.06. The van der Waals surface area contributed by atoms with Gasteiger partial charge in [-0.25, -0.2) is 0 Å². The minimum absolute atomic E-state index is 0.235. The maximum absolute atomic E-state index is 8.79. The highest BCUT2D eigenvalue weighted by molar-refractivity contribution is 5.48. The minimum atomic E-state index is 0.235. The second-order valence-electron chi connectivity index (χ2n) is 5.44. The van der Waals surface area contributed by atoms with Crippen LogP contribution in [0.25, 0.3) is 0 Å². The van der Waals surface area contributed by atoms with Gasteiger partial charge < -0.3 is 5.32 Å². The van der Waals surface area contributed by atoms with Crippen molar-refractivity contribution in [3.8, 4) is 6.07 Å². The Morgan fingerprint density at radius 1 is 1.59 bits per heavy atom. The number of hydrogen-bond donors (Lipinski definition) is 1. The highest BCUT2D eigenvalue weighted by Crippen LogP contribution is 2.48. The highest BCUT2D eigenvalue weighted by Gasteiger charge is 2.42. The molecule has 0 atom stereocenters. The highest BCUT2D eigenvalue weighted by atomic mass is 15.3. The Kier molecular flexibility index (Phi) is 3.10. The van der Waals surface area contributed by atoms with Gasteiger partial charge in [0, 0.05) is 31.6 Å². The zero-order valence-electron chi connectivity index (χ0n) is 10.8. The van der Waals surface area contributed by atoms with E-state index in [0.29, 0.717) is 12.3 Å². The van der Waals surface area contributed by atoms with E-state index in [9.17, 15) is 0 Å². The van der Waals surface area contributed by atoms with Gasteiger partial charge in [0.2, 0.25) is 0 Å². The van der Waals surface area contributed by atoms with Crippen molar-refractivity contribution in [3.63, 3.8) is 0 Å². The summed E-state index contributed by atoms with van der Waals surface area (Å²) in [6, 6.07) is 2.29. The van der Waals surface area contributed by atoms with Gasteiger partial charge in [-0.1, -0.05) is 13.8 Å². The molecule has 0 radical (unpaired) electrons. The molecule has 1 aliphatic carbocycles. The van der Waals surface area contributed by atoms with Gasteiger partial charge in [-0.15, -0.1) is 0 Å². The SMILES string of the molecule is CC(C)c1nn(C)cc1NCC1(CC#N)CC1. The molecule has 1 saturated carbocycles. The van der Waals surface area contributed by atoms with Gasteiger partial charge in [0.25, 0.3) is 0 Å². The van der Waals surface area contributed by atoms with Crippen molar-refractivity contribution in [1.82, 2.24) is 9.78 Å². The zero-order valence-corrected chi connectivity index (χ0v) is 10.8. The quantitative estimate of drug-likeness (QED) is 0.849. The van der Waals surface area contributed by atoms with Crippen LogP contribution in [0, 0.1) is 16.7 Å². The lowest BCUT2D eigenvalue weighted by Crippen LogP contribution is -2.15. The number of nitrogens with one attached hydrogen (secondary N) is 1. The molecule has 1 aromatic rings. The molecule has 0 unspecified atom stereocenters. The molecule has 17 heavy (non-hydrogen) atoms. The van der Waals surface area contributed by atoms with Crippen molar-refractivity contribution < 1.29 is 0 Å². The molecule has 1 aromatic heterocycles. The summed E-state index contributed by atoms with van der Waals surface area (Å²) in [4.78, 5) is 0. The summed E-state index contributed by atoms with van der Waals surface area (Å²) in [6.07, 6.45) is 5.03. The largest absolute Gasteiger partial charge is 0.382 e. The van der Waals surface area contributed by atoms with E-state index in [0.717, 1.165) is 17.9 Å². The summed E-state index contributed by atoms with van der Waals surface area (Å²) in [5, 5.41) is 16.7. The van der Waals surface area contributed by atoms with Crippen LogP contribution in [0.5, 0.6) is 0 Å². The summed E-state index contributed by atoms with van der Waals surface area (Å²) in [5.41, 5.74) is 2.46. The van der Waals surface area contributed by atoms with Gasteiger partial charge in [-0.2, -0.15) is 10.4 Å². The molecule has 0 amide bonds. The number of nitrogens with zero attached hydrogens (tertiary/aromatic N) is 3. The molecule has 1 N–H and O–H groups in total. The fourth-order valence-electron chi connectivity index (χ4n) is 2.11. The Hall–Kier alpha value is -1.50. The molecule has 0 bridgehead atoms. The summed E-state index contributed by atoms with van der Waals surface area (Å²) < 4.78 is 1.85. The monoisotopic (exact) mass is 232 g/mol. The fraction of sp³-hybridized carbons (Fsp3) is 0.692. The molecule has 4 heteroatoms. The summed E-state index contributed by atoms with van der Waals surface area (Å²) >= 11 is 0. The summed E-state index contributed by atoms with van der Waals surface area (Å²) in [5.74, 6) is 0.421. The number of aromatic nitrogens is 2. The second-order valence-corrected chi connectivity index (χ2v) is 5.44. The van der Waals surface area contributed by atoms with E-state index in [1.54, 1.807) is 0 Å². The van der Waals surface area contributed by atoms with E-state index < -0.39 is 0 Å². The van der Waals surface area contributed by atoms with Crippen LogP contribution < -0.4 is 5.32 Å². The van der Waals surface area contributed by atoms with Crippen molar-refractivity contribution >= 4 is 5.69 Å². The molecule has 0 saturated heterocycles. The Bertz CT molecular complexity index is 435. The van der Waals surface area contributed by atoms with Crippen LogP contribution in [-0.4, -0.2) is 16.3 Å². The fourth-order valence-corrected chi connectivity index (χ4v) is 2.11. The van der Waals surface area contributed by atoms with Gasteiger partial charge in [0.05, 0.1) is 17.5 Å². The van der Waals surface area contributed by atoms with E-state index in [4.69, 9.17) is 5.26 Å². The first kappa shape index (κ1) is 12.0. The third-order valence-electron chi connectivity index (χ3n) is 3.47. The van der Waals surface area contributed by atoms with Gasteiger partial charge in [0.15, 0.2) is 0 Å². The lowest BCUT2D eigenvalue weighted by molar-refractivity contribution is 0.557. The van der Waals surface area contributed by atoms with Gasteiger partial charge in [-0.3, -0.25) is 4.68 Å². The van der Waals surface area contributed by atoms with Crippen molar-refractivity contribution in [2.45, 2.75) is 39.0 Å². The molecular weight excluding hydrogens is 212 g/mol. The number of aryl methyl sites for hydroxylation is 1. The summed E-state index contributed by atoms with van der Waals surface area (Å²) in [7, 11) is 1.94. The van der Waals surface area contributed by atoms with Gasteiger partial charge in [-0.05, 0) is 18.8 Å². The minimum Gasteiger partial charge on any atom is -0.382 e. The number of hydrogen-bond acceptors (Lipinski definition) is 3. The predicted molar refractivity (Wildman–Crippen MR) is 67.7 cm³/mol. The molecule has 92 valence electrons. The lowest BCUT2D eigenvalue weighted by Gasteiger charge is -2.13. The number of rotatable bonds is 5. The molecule has 4 nitrogen and oxygen atoms in total. The van der Waals surface area contributed by atoms with Gasteiger partial charge >= 0.3 is 0 Å². The first-order valence-corrected chi connectivity index (χ1v) is 6.21. The number of nitriles is 1. The molecule has 0 aliphatic heterocycles. The Labute approximate surface area is 103 Å². The molecule has 1 fully saturated rings. The van der Waals surface area contributed by atoms with E-state index in [2.05, 4.69) is 30.3 Å². The van der Waals surface area contributed by atoms with Crippen molar-refractivity contribution in [3.05, 3.63) is 11.9 Å². The topological polar surface area (TPSA) is 53.6 Å². The maximum Gasteiger partial charge on any atom is 0.0881 e. The average Bonchev–Trinajstić information content (AvgIpc) is 2.92. The Morgan fingerprint density at radius 2 is 2.29 bits per heavy atom. The zero-order chi connectivity index (χ0) is 12.5. The Morgan fingerprint density at radius 3 is 2.82 bits per heavy atom. The smallest absolute Gasteiger partial charge is 0.0881 e. The third-order valence-corrected chi connectivity index (χ3v) is 3.47. The maximum atomic E-state index is 8.79. The average molecular weight is 232 g/mol. The van der Waals surface area contributed by atoms with E-state index in [-0.39, 0.29) is 5.41 Å². The Balaban J connectivity index is 2.02. The summed E-state index contributed by atoms with van der Waals surface area (Å²) in [6.45, 7) is 5.19. The lowest BCUT2D eigenvalue weighted by atomic mass is 10.0. The van der Waals surface area contributed by atoms with Crippen LogP contribution in [-0.2, 0) is 7.05 Å². The van der Waals surface area contributed by atoms with Crippen molar-refractivity contribution in [2.24, 2.45) is 12.5 Å². The van der Waals surface area contributed by atoms with Crippen LogP contribution in [0.1, 0.15) is 44.7 Å². The molecule has 0 aromatic carbocycles. The molecule has 0 spiro atoms. The van der Waals surface area contributed by atoms with Crippen LogP contribution in [0.3, 0.4) is 0 Å². The van der Waals surface area contributed by atoms with E-state index in [1.807, 2.05) is 17.9 Å². The molecule has 2 rings (SSSR count). The normalized spacial score (nSPS) is 16.9. The van der Waals surface area contributed by atoms with Crippen LogP contribution in [0.4, 0.5) is 5.69 Å². The number of anilines is 1. The van der Waals surface area contributed by atoms with Crippen LogP contribution in [0.2, 0.25) is 0 Å². The first-order valence-electron chi connectivity index (χ1n) is 6.21. The van der Waals surface area contributed by atoms with Crippen LogP contribution >= 0.6 is 0 Å².